The molecule has 3 amide bonds. The predicted molar refractivity (Wildman–Crippen MR) is 108 cm³/mol. The SMILES string of the molecule is C[NH+](Cc1cnn(-c2ccccc2)c1)CN1C(=O)N[C@@](C)(c2ccccc2)C1=O. The molecule has 2 N–H and O–H groups in total. The van der Waals surface area contributed by atoms with Gasteiger partial charge in [0.25, 0.3) is 5.91 Å². The fourth-order valence-electron chi connectivity index (χ4n) is 3.66. The molecule has 2 heterocycles. The molecule has 7 nitrogen and oxygen atoms in total. The maximum atomic E-state index is 13.0. The van der Waals surface area contributed by atoms with E-state index in [0.29, 0.717) is 6.54 Å². The normalized spacial score (nSPS) is 20.0. The van der Waals surface area contributed by atoms with E-state index in [1.807, 2.05) is 84.8 Å². The van der Waals surface area contributed by atoms with Crippen molar-refractivity contribution in [2.75, 3.05) is 13.7 Å². The number of amides is 3. The molecule has 1 aliphatic rings. The van der Waals surface area contributed by atoms with Crippen LogP contribution in [0, 0.1) is 0 Å². The van der Waals surface area contributed by atoms with Crippen LogP contribution in [0.25, 0.3) is 5.69 Å². The summed E-state index contributed by atoms with van der Waals surface area (Å²) in [6.45, 7) is 2.68. The third-order valence-corrected chi connectivity index (χ3v) is 5.22. The summed E-state index contributed by atoms with van der Waals surface area (Å²) in [5.74, 6) is -0.229. The number of nitrogens with zero attached hydrogens (tertiary/aromatic N) is 3. The fourth-order valence-corrected chi connectivity index (χ4v) is 3.66. The van der Waals surface area contributed by atoms with Crippen LogP contribution in [0.1, 0.15) is 18.1 Å². The molecular weight excluding hydrogens is 366 g/mol. The molecule has 0 aliphatic carbocycles. The van der Waals surface area contributed by atoms with Crippen LogP contribution in [0.2, 0.25) is 0 Å². The number of quaternary nitrogens is 1. The fraction of sp³-hybridized carbons (Fsp3) is 0.227. The molecule has 29 heavy (non-hydrogen) atoms. The first-order valence-corrected chi connectivity index (χ1v) is 9.57. The Balaban J connectivity index is 1.44. The Labute approximate surface area is 169 Å². The minimum Gasteiger partial charge on any atom is -0.319 e. The Morgan fingerprint density at radius 1 is 1.03 bits per heavy atom. The molecule has 0 bridgehead atoms. The minimum atomic E-state index is -1.03. The molecule has 0 radical (unpaired) electrons. The summed E-state index contributed by atoms with van der Waals surface area (Å²) < 4.78 is 1.82. The number of carbonyl (C=O) groups excluding carboxylic acids is 2. The number of imide groups is 1. The van der Waals surface area contributed by atoms with Crippen LogP contribution in [-0.4, -0.2) is 40.3 Å². The van der Waals surface area contributed by atoms with Crippen LogP contribution in [0.3, 0.4) is 0 Å². The van der Waals surface area contributed by atoms with Gasteiger partial charge in [-0.1, -0.05) is 48.5 Å². The van der Waals surface area contributed by atoms with Crippen molar-refractivity contribution in [3.05, 3.63) is 84.2 Å². The van der Waals surface area contributed by atoms with E-state index in [1.165, 1.54) is 4.90 Å². The molecule has 3 aromatic rings. The van der Waals surface area contributed by atoms with Gasteiger partial charge in [0.2, 0.25) is 0 Å². The van der Waals surface area contributed by atoms with Crippen molar-refractivity contribution < 1.29 is 14.5 Å². The summed E-state index contributed by atoms with van der Waals surface area (Å²) in [7, 11) is 1.96. The number of carbonyl (C=O) groups is 2. The van der Waals surface area contributed by atoms with E-state index in [4.69, 9.17) is 0 Å². The number of benzene rings is 2. The second kappa shape index (κ2) is 7.52. The van der Waals surface area contributed by atoms with Gasteiger partial charge in [0.05, 0.1) is 18.9 Å². The lowest BCUT2D eigenvalue weighted by Gasteiger charge is -2.23. The molecule has 148 valence electrons. The number of hydrogen-bond donors (Lipinski definition) is 2. The van der Waals surface area contributed by atoms with Gasteiger partial charge in [0, 0.05) is 11.8 Å². The monoisotopic (exact) mass is 390 g/mol. The maximum Gasteiger partial charge on any atom is 0.329 e. The van der Waals surface area contributed by atoms with Gasteiger partial charge in [0.15, 0.2) is 6.67 Å². The highest BCUT2D eigenvalue weighted by atomic mass is 16.2. The topological polar surface area (TPSA) is 71.7 Å². The highest BCUT2D eigenvalue weighted by Crippen LogP contribution is 2.27. The largest absolute Gasteiger partial charge is 0.329 e. The molecule has 1 aromatic heterocycles. The van der Waals surface area contributed by atoms with Crippen molar-refractivity contribution in [2.45, 2.75) is 19.0 Å². The van der Waals surface area contributed by atoms with Gasteiger partial charge in [-0.3, -0.25) is 4.79 Å². The van der Waals surface area contributed by atoms with Gasteiger partial charge in [0.1, 0.15) is 12.1 Å². The lowest BCUT2D eigenvalue weighted by atomic mass is 9.92. The quantitative estimate of drug-likeness (QED) is 0.624. The smallest absolute Gasteiger partial charge is 0.319 e. The summed E-state index contributed by atoms with van der Waals surface area (Å²) >= 11 is 0. The van der Waals surface area contributed by atoms with E-state index in [9.17, 15) is 9.59 Å². The Kier molecular flexibility index (Phi) is 4.90. The van der Waals surface area contributed by atoms with Crippen molar-refractivity contribution in [2.24, 2.45) is 0 Å². The second-order valence-electron chi connectivity index (χ2n) is 7.58. The van der Waals surface area contributed by atoms with E-state index in [0.717, 1.165) is 21.7 Å². The van der Waals surface area contributed by atoms with Gasteiger partial charge in [-0.2, -0.15) is 5.10 Å². The molecule has 2 aromatic carbocycles. The summed E-state index contributed by atoms with van der Waals surface area (Å²) in [4.78, 5) is 27.9. The van der Waals surface area contributed by atoms with Crippen molar-refractivity contribution in [3.8, 4) is 5.69 Å². The van der Waals surface area contributed by atoms with Crippen LogP contribution in [0.5, 0.6) is 0 Å². The average Bonchev–Trinajstić information content (AvgIpc) is 3.28. The predicted octanol–water partition coefficient (Wildman–Crippen LogP) is 1.31. The zero-order valence-electron chi connectivity index (χ0n) is 16.5. The molecule has 0 saturated carbocycles. The molecule has 1 fully saturated rings. The summed E-state index contributed by atoms with van der Waals surface area (Å²) in [5.41, 5.74) is 1.77. The Morgan fingerprint density at radius 3 is 2.38 bits per heavy atom. The van der Waals surface area contributed by atoms with E-state index in [-0.39, 0.29) is 18.6 Å². The molecule has 1 unspecified atom stereocenters. The summed E-state index contributed by atoms with van der Waals surface area (Å²) in [6.07, 6.45) is 3.79. The number of hydrogen-bond acceptors (Lipinski definition) is 3. The zero-order chi connectivity index (χ0) is 20.4. The van der Waals surface area contributed by atoms with Crippen molar-refractivity contribution in [1.29, 1.82) is 0 Å². The van der Waals surface area contributed by atoms with E-state index < -0.39 is 5.54 Å². The third kappa shape index (κ3) is 3.64. The zero-order valence-corrected chi connectivity index (χ0v) is 16.5. The number of para-hydroxylation sites is 1. The lowest BCUT2D eigenvalue weighted by molar-refractivity contribution is -0.901. The minimum absolute atomic E-state index is 0.229. The van der Waals surface area contributed by atoms with Gasteiger partial charge >= 0.3 is 6.03 Å². The van der Waals surface area contributed by atoms with Gasteiger partial charge in [-0.25, -0.2) is 14.4 Å². The highest BCUT2D eigenvalue weighted by molar-refractivity contribution is 6.07. The molecule has 1 aliphatic heterocycles. The average molecular weight is 390 g/mol. The van der Waals surface area contributed by atoms with Crippen molar-refractivity contribution in [3.63, 3.8) is 0 Å². The Hall–Kier alpha value is -3.45. The van der Waals surface area contributed by atoms with E-state index in [1.54, 1.807) is 6.92 Å². The summed E-state index contributed by atoms with van der Waals surface area (Å²) in [6, 6.07) is 18.9. The summed E-state index contributed by atoms with van der Waals surface area (Å²) in [5, 5.41) is 7.26. The van der Waals surface area contributed by atoms with Gasteiger partial charge in [-0.15, -0.1) is 0 Å². The number of rotatable bonds is 6. The first-order valence-electron chi connectivity index (χ1n) is 9.57. The van der Waals surface area contributed by atoms with E-state index >= 15 is 0 Å². The van der Waals surface area contributed by atoms with Crippen LogP contribution < -0.4 is 10.2 Å². The standard InChI is InChI=1S/C22H23N5O2/c1-22(18-9-5-3-6-10-18)20(28)26(21(29)24-22)16-25(2)14-17-13-23-27(15-17)19-11-7-4-8-12-19/h3-13,15H,14,16H2,1-2H3,(H,24,29)/p+1/t22-/m0/s1. The van der Waals surface area contributed by atoms with Crippen LogP contribution in [0.4, 0.5) is 4.79 Å². The molecular formula is C22H24N5O2+. The second-order valence-corrected chi connectivity index (χ2v) is 7.58. The van der Waals surface area contributed by atoms with Crippen molar-refractivity contribution in [1.82, 2.24) is 20.0 Å². The number of aromatic nitrogens is 2. The number of nitrogens with one attached hydrogen (secondary N) is 2. The highest BCUT2D eigenvalue weighted by Gasteiger charge is 2.49. The van der Waals surface area contributed by atoms with Gasteiger partial charge in [-0.05, 0) is 24.6 Å². The molecule has 0 spiro atoms. The Morgan fingerprint density at radius 2 is 1.69 bits per heavy atom. The number of urea groups is 1. The van der Waals surface area contributed by atoms with Gasteiger partial charge < -0.3 is 10.2 Å². The van der Waals surface area contributed by atoms with Crippen LogP contribution in [-0.2, 0) is 16.9 Å². The Bertz CT molecular complexity index is 1020. The molecule has 4 rings (SSSR count). The van der Waals surface area contributed by atoms with Crippen LogP contribution in [0.15, 0.2) is 73.1 Å². The first-order chi connectivity index (χ1) is 14.0. The molecule has 7 heteroatoms. The first kappa shape index (κ1) is 18.9. The molecule has 2 atom stereocenters. The maximum absolute atomic E-state index is 13.0. The molecule has 1 saturated heterocycles. The lowest BCUT2D eigenvalue weighted by Crippen LogP contribution is -3.09. The van der Waals surface area contributed by atoms with Crippen LogP contribution >= 0.6 is 0 Å². The van der Waals surface area contributed by atoms with E-state index in [2.05, 4.69) is 10.4 Å². The third-order valence-electron chi connectivity index (χ3n) is 5.22. The van der Waals surface area contributed by atoms with Crippen molar-refractivity contribution >= 4 is 11.9 Å².